The molecule has 0 bridgehead atoms. The van der Waals surface area contributed by atoms with Gasteiger partial charge in [-0.3, -0.25) is 9.59 Å². The summed E-state index contributed by atoms with van der Waals surface area (Å²) in [7, 11) is 1.52. The van der Waals surface area contributed by atoms with Crippen LogP contribution in [0.1, 0.15) is 34.7 Å². The molecule has 0 radical (unpaired) electrons. The molecule has 1 fully saturated rings. The van der Waals surface area contributed by atoms with Gasteiger partial charge in [0.15, 0.2) is 0 Å². The highest BCUT2D eigenvalue weighted by molar-refractivity contribution is 5.95. The van der Waals surface area contributed by atoms with Crippen LogP contribution in [0.15, 0.2) is 10.5 Å². The van der Waals surface area contributed by atoms with Gasteiger partial charge in [-0.1, -0.05) is 0 Å². The Kier molecular flexibility index (Phi) is 7.72. The molecule has 1 unspecified atom stereocenters. The van der Waals surface area contributed by atoms with Gasteiger partial charge in [-0.2, -0.15) is 0 Å². The number of aryl methyl sites for hydroxylation is 2. The summed E-state index contributed by atoms with van der Waals surface area (Å²) in [4.78, 5) is 26.1. The van der Waals surface area contributed by atoms with E-state index in [1.807, 2.05) is 6.92 Å². The summed E-state index contributed by atoms with van der Waals surface area (Å²) in [5.74, 6) is 1.12. The number of furan rings is 1. The average molecular weight is 360 g/mol. The normalized spacial score (nSPS) is 16.4. The number of carbonyl (C=O) groups excluding carboxylic acids is 2. The topological polar surface area (TPSA) is 97.8 Å². The van der Waals surface area contributed by atoms with Crippen molar-refractivity contribution in [3.8, 4) is 0 Å². The molecule has 2 rings (SSSR count). The summed E-state index contributed by atoms with van der Waals surface area (Å²) in [5, 5.41) is 3.01. The predicted molar refractivity (Wildman–Crippen MR) is 92.3 cm³/mol. The fourth-order valence-corrected chi connectivity index (χ4v) is 2.85. The van der Waals surface area contributed by atoms with Gasteiger partial charge >= 0.3 is 0 Å². The first-order valence-electron chi connectivity index (χ1n) is 7.83. The minimum atomic E-state index is -0.623. The Labute approximate surface area is 148 Å². The average Bonchev–Trinajstić information content (AvgIpc) is 2.86. The van der Waals surface area contributed by atoms with E-state index < -0.39 is 6.04 Å². The van der Waals surface area contributed by atoms with Crippen LogP contribution in [-0.2, 0) is 9.53 Å². The van der Waals surface area contributed by atoms with E-state index in [2.05, 4.69) is 5.32 Å². The maximum absolute atomic E-state index is 12.3. The second kappa shape index (κ2) is 9.05. The Morgan fingerprint density at radius 2 is 2.04 bits per heavy atom. The summed E-state index contributed by atoms with van der Waals surface area (Å²) < 4.78 is 10.3. The summed E-state index contributed by atoms with van der Waals surface area (Å²) in [6.45, 7) is 4.99. The van der Waals surface area contributed by atoms with Gasteiger partial charge in [-0.25, -0.2) is 0 Å². The molecular weight excluding hydrogens is 334 g/mol. The van der Waals surface area contributed by atoms with Gasteiger partial charge in [0.2, 0.25) is 5.91 Å². The molecule has 136 valence electrons. The summed E-state index contributed by atoms with van der Waals surface area (Å²) in [5.41, 5.74) is 6.34. The molecule has 0 aliphatic carbocycles. The number of hydrogen-bond acceptors (Lipinski definition) is 5. The molecule has 2 heterocycles. The first-order valence-corrected chi connectivity index (χ1v) is 7.83. The lowest BCUT2D eigenvalue weighted by molar-refractivity contribution is -0.134. The quantitative estimate of drug-likeness (QED) is 0.817. The molecule has 7 nitrogen and oxygen atoms in total. The van der Waals surface area contributed by atoms with Crippen molar-refractivity contribution in [2.45, 2.75) is 38.8 Å². The Hall–Kier alpha value is -1.57. The molecule has 1 saturated heterocycles. The maximum atomic E-state index is 12.3. The van der Waals surface area contributed by atoms with Crippen molar-refractivity contribution in [1.29, 1.82) is 0 Å². The number of piperidine rings is 1. The predicted octanol–water partition coefficient (Wildman–Crippen LogP) is 1.01. The molecule has 0 aromatic carbocycles. The molecule has 1 aliphatic heterocycles. The monoisotopic (exact) mass is 359 g/mol. The molecule has 0 saturated carbocycles. The number of methoxy groups -OCH3 is 1. The third kappa shape index (κ3) is 4.96. The highest BCUT2D eigenvalue weighted by atomic mass is 35.5. The van der Waals surface area contributed by atoms with Crippen molar-refractivity contribution in [2.75, 3.05) is 26.8 Å². The van der Waals surface area contributed by atoms with Crippen molar-refractivity contribution in [2.24, 2.45) is 5.73 Å². The number of carbonyl (C=O) groups is 2. The lowest BCUT2D eigenvalue weighted by Gasteiger charge is -2.33. The van der Waals surface area contributed by atoms with Gasteiger partial charge in [-0.15, -0.1) is 12.4 Å². The summed E-state index contributed by atoms with van der Waals surface area (Å²) >= 11 is 0. The minimum absolute atomic E-state index is 0. The van der Waals surface area contributed by atoms with Gasteiger partial charge in [0.1, 0.15) is 17.6 Å². The van der Waals surface area contributed by atoms with E-state index in [1.54, 1.807) is 17.9 Å². The Morgan fingerprint density at radius 1 is 1.42 bits per heavy atom. The fraction of sp³-hybridized carbons (Fsp3) is 0.625. The number of hydrogen-bond donors (Lipinski definition) is 2. The van der Waals surface area contributed by atoms with Gasteiger partial charge in [0.25, 0.3) is 5.91 Å². The second-order valence-corrected chi connectivity index (χ2v) is 5.96. The number of nitrogens with zero attached hydrogens (tertiary/aromatic N) is 1. The molecular formula is C16H26ClN3O4. The SMILES string of the molecule is COCC(N)C(=O)N1CCC(NC(=O)c2cc(C)oc2C)CC1.Cl. The second-order valence-electron chi connectivity index (χ2n) is 5.96. The number of rotatable bonds is 5. The van der Waals surface area contributed by atoms with E-state index in [9.17, 15) is 9.59 Å². The van der Waals surface area contributed by atoms with Gasteiger partial charge in [-0.05, 0) is 32.8 Å². The zero-order valence-corrected chi connectivity index (χ0v) is 15.1. The fourth-order valence-electron chi connectivity index (χ4n) is 2.85. The van der Waals surface area contributed by atoms with E-state index >= 15 is 0 Å². The number of likely N-dealkylation sites (tertiary alicyclic amines) is 1. The van der Waals surface area contributed by atoms with Crippen LogP contribution in [0.2, 0.25) is 0 Å². The van der Waals surface area contributed by atoms with Crippen LogP contribution in [0.4, 0.5) is 0 Å². The molecule has 1 aromatic rings. The highest BCUT2D eigenvalue weighted by Gasteiger charge is 2.27. The molecule has 24 heavy (non-hydrogen) atoms. The largest absolute Gasteiger partial charge is 0.466 e. The molecule has 0 spiro atoms. The van der Waals surface area contributed by atoms with E-state index in [4.69, 9.17) is 14.9 Å². The Bertz CT molecular complexity index is 568. The van der Waals surface area contributed by atoms with E-state index in [1.165, 1.54) is 7.11 Å². The molecule has 2 amide bonds. The van der Waals surface area contributed by atoms with E-state index in [-0.39, 0.29) is 36.9 Å². The Balaban J connectivity index is 0.00000288. The molecule has 1 aromatic heterocycles. The van der Waals surface area contributed by atoms with Crippen LogP contribution in [0.3, 0.4) is 0 Å². The third-order valence-corrected chi connectivity index (χ3v) is 4.09. The van der Waals surface area contributed by atoms with Crippen LogP contribution < -0.4 is 11.1 Å². The van der Waals surface area contributed by atoms with Gasteiger partial charge in [0, 0.05) is 26.2 Å². The number of nitrogens with two attached hydrogens (primary N) is 1. The van der Waals surface area contributed by atoms with E-state index in [0.29, 0.717) is 37.3 Å². The molecule has 8 heteroatoms. The minimum Gasteiger partial charge on any atom is -0.466 e. The highest BCUT2D eigenvalue weighted by Crippen LogP contribution is 2.16. The first kappa shape index (κ1) is 20.5. The molecule has 3 N–H and O–H groups in total. The van der Waals surface area contributed by atoms with Gasteiger partial charge in [0.05, 0.1) is 12.2 Å². The van der Waals surface area contributed by atoms with Crippen molar-refractivity contribution >= 4 is 24.2 Å². The van der Waals surface area contributed by atoms with Crippen LogP contribution >= 0.6 is 12.4 Å². The number of ether oxygens (including phenoxy) is 1. The number of nitrogens with one attached hydrogen (secondary N) is 1. The number of amides is 2. The Morgan fingerprint density at radius 3 is 2.54 bits per heavy atom. The smallest absolute Gasteiger partial charge is 0.255 e. The number of halogens is 1. The summed E-state index contributed by atoms with van der Waals surface area (Å²) in [6.07, 6.45) is 1.43. The lowest BCUT2D eigenvalue weighted by atomic mass is 10.0. The molecule has 1 aliphatic rings. The van der Waals surface area contributed by atoms with Crippen molar-refractivity contribution in [3.63, 3.8) is 0 Å². The summed E-state index contributed by atoms with van der Waals surface area (Å²) in [6, 6.07) is 1.18. The van der Waals surface area contributed by atoms with Gasteiger partial charge < -0.3 is 25.1 Å². The van der Waals surface area contributed by atoms with Crippen molar-refractivity contribution in [1.82, 2.24) is 10.2 Å². The first-order chi connectivity index (χ1) is 10.9. The zero-order valence-electron chi connectivity index (χ0n) is 14.3. The third-order valence-electron chi connectivity index (χ3n) is 4.09. The molecule has 1 atom stereocenters. The zero-order chi connectivity index (χ0) is 17.0. The van der Waals surface area contributed by atoms with Crippen molar-refractivity contribution < 1.29 is 18.7 Å². The van der Waals surface area contributed by atoms with Crippen molar-refractivity contribution in [3.05, 3.63) is 23.2 Å². The van der Waals surface area contributed by atoms with E-state index in [0.717, 1.165) is 5.76 Å². The van der Waals surface area contributed by atoms with Crippen LogP contribution in [0.5, 0.6) is 0 Å². The lowest BCUT2D eigenvalue weighted by Crippen LogP contribution is -2.52. The standard InChI is InChI=1S/C16H25N3O4.ClH/c1-10-8-13(11(2)23-10)15(20)18-12-4-6-19(7-5-12)16(21)14(17)9-22-3;/h8,12,14H,4-7,9,17H2,1-3H3,(H,18,20);1H. The maximum Gasteiger partial charge on any atom is 0.255 e. The van der Waals surface area contributed by atoms with Crippen LogP contribution in [0.25, 0.3) is 0 Å². The van der Waals surface area contributed by atoms with Crippen LogP contribution in [0, 0.1) is 13.8 Å². The van der Waals surface area contributed by atoms with Crippen LogP contribution in [-0.4, -0.2) is 55.6 Å².